The molecule has 0 bridgehead atoms. The van der Waals surface area contributed by atoms with Crippen LogP contribution in [0.25, 0.3) is 0 Å². The van der Waals surface area contributed by atoms with Crippen molar-refractivity contribution in [1.29, 1.82) is 0 Å². The molecule has 2 rings (SSSR count). The lowest BCUT2D eigenvalue weighted by Gasteiger charge is -2.35. The van der Waals surface area contributed by atoms with Gasteiger partial charge in [0.05, 0.1) is 0 Å². The molecule has 0 aromatic rings. The SMILES string of the molecule is CC(C)CCCCCCN=C1NC2(CCC(C)CC2)CS1. The van der Waals surface area contributed by atoms with Gasteiger partial charge in [0.15, 0.2) is 5.17 Å². The minimum atomic E-state index is 0.396. The van der Waals surface area contributed by atoms with Crippen LogP contribution in [0.1, 0.15) is 78.6 Å². The molecule has 1 N–H and O–H groups in total. The summed E-state index contributed by atoms with van der Waals surface area (Å²) >= 11 is 1.96. The maximum Gasteiger partial charge on any atom is 0.157 e. The molecule has 2 nitrogen and oxygen atoms in total. The fourth-order valence-electron chi connectivity index (χ4n) is 3.37. The van der Waals surface area contributed by atoms with Crippen molar-refractivity contribution >= 4 is 16.9 Å². The van der Waals surface area contributed by atoms with Gasteiger partial charge in [-0.3, -0.25) is 4.99 Å². The Kier molecular flexibility index (Phi) is 6.91. The Morgan fingerprint density at radius 2 is 1.90 bits per heavy atom. The van der Waals surface area contributed by atoms with E-state index in [-0.39, 0.29) is 0 Å². The highest BCUT2D eigenvalue weighted by atomic mass is 32.2. The van der Waals surface area contributed by atoms with Crippen molar-refractivity contribution in [2.75, 3.05) is 12.3 Å². The first-order chi connectivity index (χ1) is 10.1. The highest BCUT2D eigenvalue weighted by Crippen LogP contribution is 2.38. The number of unbranched alkanes of at least 4 members (excludes halogenated alkanes) is 3. The topological polar surface area (TPSA) is 24.4 Å². The molecule has 3 heteroatoms. The van der Waals surface area contributed by atoms with Crippen molar-refractivity contribution in [1.82, 2.24) is 5.32 Å². The molecule has 2 aliphatic rings. The van der Waals surface area contributed by atoms with Gasteiger partial charge in [-0.2, -0.15) is 0 Å². The molecule has 1 aliphatic heterocycles. The highest BCUT2D eigenvalue weighted by molar-refractivity contribution is 8.14. The van der Waals surface area contributed by atoms with Crippen LogP contribution >= 0.6 is 11.8 Å². The summed E-state index contributed by atoms with van der Waals surface area (Å²) in [5, 5.41) is 4.99. The maximum atomic E-state index is 4.79. The van der Waals surface area contributed by atoms with Crippen LogP contribution in [0.2, 0.25) is 0 Å². The Morgan fingerprint density at radius 1 is 1.19 bits per heavy atom. The quantitative estimate of drug-likeness (QED) is 0.651. The zero-order valence-electron chi connectivity index (χ0n) is 14.3. The van der Waals surface area contributed by atoms with Crippen LogP contribution in [-0.2, 0) is 0 Å². The maximum absolute atomic E-state index is 4.79. The molecule has 1 saturated heterocycles. The summed E-state index contributed by atoms with van der Waals surface area (Å²) < 4.78 is 0. The molecule has 0 aromatic carbocycles. The molecule has 0 radical (unpaired) electrons. The van der Waals surface area contributed by atoms with Gasteiger partial charge in [0, 0.05) is 17.8 Å². The first-order valence-corrected chi connectivity index (χ1v) is 10.0. The number of hydrogen-bond donors (Lipinski definition) is 1. The van der Waals surface area contributed by atoms with Gasteiger partial charge in [-0.25, -0.2) is 0 Å². The van der Waals surface area contributed by atoms with Crippen LogP contribution in [0.4, 0.5) is 0 Å². The van der Waals surface area contributed by atoms with E-state index in [9.17, 15) is 0 Å². The second-order valence-corrected chi connectivity index (χ2v) is 8.62. The van der Waals surface area contributed by atoms with Gasteiger partial charge in [0.1, 0.15) is 0 Å². The number of thioether (sulfide) groups is 1. The van der Waals surface area contributed by atoms with Gasteiger partial charge in [-0.05, 0) is 43.9 Å². The third-order valence-corrected chi connectivity index (χ3v) is 6.24. The van der Waals surface area contributed by atoms with Gasteiger partial charge >= 0.3 is 0 Å². The van der Waals surface area contributed by atoms with E-state index in [0.29, 0.717) is 5.54 Å². The normalized spacial score (nSPS) is 31.2. The lowest BCUT2D eigenvalue weighted by Crippen LogP contribution is -2.46. The molecular formula is C18H34N2S. The van der Waals surface area contributed by atoms with Crippen LogP contribution < -0.4 is 5.32 Å². The molecular weight excluding hydrogens is 276 g/mol. The van der Waals surface area contributed by atoms with E-state index in [1.54, 1.807) is 0 Å². The summed E-state index contributed by atoms with van der Waals surface area (Å²) in [7, 11) is 0. The Balaban J connectivity index is 1.59. The molecule has 0 amide bonds. The fraction of sp³-hybridized carbons (Fsp3) is 0.944. The van der Waals surface area contributed by atoms with E-state index in [4.69, 9.17) is 4.99 Å². The molecule has 0 atom stereocenters. The van der Waals surface area contributed by atoms with Crippen molar-refractivity contribution in [3.8, 4) is 0 Å². The molecule has 1 heterocycles. The average Bonchev–Trinajstić information content (AvgIpc) is 2.84. The van der Waals surface area contributed by atoms with Crippen molar-refractivity contribution in [2.45, 2.75) is 84.1 Å². The molecule has 21 heavy (non-hydrogen) atoms. The fourth-order valence-corrected chi connectivity index (χ4v) is 4.62. The van der Waals surface area contributed by atoms with Crippen LogP contribution in [0, 0.1) is 11.8 Å². The minimum Gasteiger partial charge on any atom is -0.359 e. The number of nitrogens with zero attached hydrogens (tertiary/aromatic N) is 1. The zero-order chi connectivity index (χ0) is 15.1. The molecule has 1 aliphatic carbocycles. The smallest absolute Gasteiger partial charge is 0.157 e. The lowest BCUT2D eigenvalue weighted by molar-refractivity contribution is 0.251. The van der Waals surface area contributed by atoms with E-state index >= 15 is 0 Å². The second kappa shape index (κ2) is 8.45. The number of aliphatic imine (C=N–C) groups is 1. The van der Waals surface area contributed by atoms with Crippen molar-refractivity contribution < 1.29 is 0 Å². The molecule has 122 valence electrons. The monoisotopic (exact) mass is 310 g/mol. The summed E-state index contributed by atoms with van der Waals surface area (Å²) in [6.07, 6.45) is 12.2. The minimum absolute atomic E-state index is 0.396. The lowest BCUT2D eigenvalue weighted by atomic mass is 9.78. The summed E-state index contributed by atoms with van der Waals surface area (Å²) in [6, 6.07) is 0. The summed E-state index contributed by atoms with van der Waals surface area (Å²) in [5.41, 5.74) is 0.396. The summed E-state index contributed by atoms with van der Waals surface area (Å²) in [4.78, 5) is 4.79. The number of hydrogen-bond acceptors (Lipinski definition) is 2. The molecule has 0 aromatic heterocycles. The Bertz CT molecular complexity index is 330. The largest absolute Gasteiger partial charge is 0.359 e. The van der Waals surface area contributed by atoms with E-state index in [1.165, 1.54) is 68.7 Å². The standard InChI is InChI=1S/C18H34N2S/c1-15(2)8-6-4-5-7-13-19-17-20-18(14-21-17)11-9-16(3)10-12-18/h15-16H,4-14H2,1-3H3,(H,19,20). The Labute approximate surface area is 135 Å². The van der Waals surface area contributed by atoms with Gasteiger partial charge in [-0.15, -0.1) is 0 Å². The third kappa shape index (κ3) is 5.84. The van der Waals surface area contributed by atoms with Crippen molar-refractivity contribution in [2.24, 2.45) is 16.8 Å². The first-order valence-electron chi connectivity index (χ1n) is 9.05. The summed E-state index contributed by atoms with van der Waals surface area (Å²) in [5.74, 6) is 3.03. The third-order valence-electron chi connectivity index (χ3n) is 5.03. The molecule has 0 unspecified atom stereocenters. The van der Waals surface area contributed by atoms with Crippen LogP contribution in [0.5, 0.6) is 0 Å². The number of amidine groups is 1. The predicted molar refractivity (Wildman–Crippen MR) is 96.2 cm³/mol. The zero-order valence-corrected chi connectivity index (χ0v) is 15.1. The molecule has 1 saturated carbocycles. The van der Waals surface area contributed by atoms with Gasteiger partial charge in [0.25, 0.3) is 0 Å². The Morgan fingerprint density at radius 3 is 2.62 bits per heavy atom. The van der Waals surface area contributed by atoms with E-state index in [0.717, 1.165) is 18.4 Å². The highest BCUT2D eigenvalue weighted by Gasteiger charge is 2.39. The van der Waals surface area contributed by atoms with Crippen LogP contribution in [0.15, 0.2) is 4.99 Å². The van der Waals surface area contributed by atoms with Crippen LogP contribution in [-0.4, -0.2) is 23.0 Å². The van der Waals surface area contributed by atoms with Gasteiger partial charge in [-0.1, -0.05) is 58.2 Å². The Hall–Kier alpha value is -0.180. The van der Waals surface area contributed by atoms with Gasteiger partial charge < -0.3 is 5.32 Å². The second-order valence-electron chi connectivity index (χ2n) is 7.66. The van der Waals surface area contributed by atoms with E-state index in [1.807, 2.05) is 11.8 Å². The van der Waals surface area contributed by atoms with E-state index in [2.05, 4.69) is 26.1 Å². The number of rotatable bonds is 7. The number of nitrogens with one attached hydrogen (secondary N) is 1. The molecule has 2 fully saturated rings. The van der Waals surface area contributed by atoms with Crippen molar-refractivity contribution in [3.63, 3.8) is 0 Å². The predicted octanol–water partition coefficient (Wildman–Crippen LogP) is 5.23. The summed E-state index contributed by atoms with van der Waals surface area (Å²) in [6.45, 7) is 8.04. The first kappa shape index (κ1) is 17.2. The van der Waals surface area contributed by atoms with E-state index < -0.39 is 0 Å². The van der Waals surface area contributed by atoms with Crippen LogP contribution in [0.3, 0.4) is 0 Å². The average molecular weight is 311 g/mol. The molecule has 1 spiro atoms. The van der Waals surface area contributed by atoms with Crippen molar-refractivity contribution in [3.05, 3.63) is 0 Å². The van der Waals surface area contributed by atoms with Gasteiger partial charge in [0.2, 0.25) is 0 Å².